The van der Waals surface area contributed by atoms with Crippen LogP contribution in [-0.4, -0.2) is 68.7 Å². The van der Waals surface area contributed by atoms with Crippen LogP contribution in [0.1, 0.15) is 37.8 Å². The molecule has 0 spiro atoms. The van der Waals surface area contributed by atoms with Gasteiger partial charge in [0.25, 0.3) is 0 Å². The molecular formula is C21H35IN4O2. The van der Waals surface area contributed by atoms with Crippen LogP contribution in [0.15, 0.2) is 17.1 Å². The summed E-state index contributed by atoms with van der Waals surface area (Å²) in [6, 6.07) is 5.03. The van der Waals surface area contributed by atoms with E-state index >= 15 is 0 Å². The predicted octanol–water partition coefficient (Wildman–Crippen LogP) is 3.13. The minimum Gasteiger partial charge on any atom is -0.493 e. The zero-order chi connectivity index (χ0) is 19.2. The predicted molar refractivity (Wildman–Crippen MR) is 125 cm³/mol. The first-order chi connectivity index (χ1) is 13.2. The summed E-state index contributed by atoms with van der Waals surface area (Å²) in [4.78, 5) is 9.82. The van der Waals surface area contributed by atoms with Crippen molar-refractivity contribution in [3.8, 4) is 11.5 Å². The number of nitrogens with one attached hydrogen (secondary N) is 1. The average Bonchev–Trinajstić information content (AvgIpc) is 3.54. The van der Waals surface area contributed by atoms with E-state index in [-0.39, 0.29) is 24.0 Å². The van der Waals surface area contributed by atoms with Crippen LogP contribution in [0.25, 0.3) is 0 Å². The maximum absolute atomic E-state index is 5.48. The fraction of sp³-hybridized carbons (Fsp3) is 0.667. The highest BCUT2D eigenvalue weighted by Gasteiger charge is 2.27. The van der Waals surface area contributed by atoms with Gasteiger partial charge in [0.15, 0.2) is 17.5 Å². The molecule has 0 saturated heterocycles. The molecule has 2 aliphatic rings. The van der Waals surface area contributed by atoms with Crippen molar-refractivity contribution in [2.24, 2.45) is 4.99 Å². The molecule has 0 atom stereocenters. The summed E-state index contributed by atoms with van der Waals surface area (Å²) in [5.41, 5.74) is 2.63. The van der Waals surface area contributed by atoms with E-state index in [0.717, 1.165) is 69.2 Å². The highest BCUT2D eigenvalue weighted by molar-refractivity contribution is 14.0. The summed E-state index contributed by atoms with van der Waals surface area (Å²) in [7, 11) is 3.38. The van der Waals surface area contributed by atoms with Gasteiger partial charge in [-0.3, -0.25) is 9.89 Å². The fourth-order valence-electron chi connectivity index (χ4n) is 3.81. The van der Waals surface area contributed by atoms with Crippen LogP contribution >= 0.6 is 24.0 Å². The minimum atomic E-state index is 0. The topological polar surface area (TPSA) is 49.3 Å². The molecule has 0 radical (unpaired) electrons. The normalized spacial score (nSPS) is 16.5. The highest BCUT2D eigenvalue weighted by atomic mass is 127. The van der Waals surface area contributed by atoms with Gasteiger partial charge in [0.2, 0.25) is 0 Å². The van der Waals surface area contributed by atoms with Crippen LogP contribution in [0.5, 0.6) is 11.5 Å². The Kier molecular flexibility index (Phi) is 9.14. The number of nitrogens with zero attached hydrogens (tertiary/aromatic N) is 3. The standard InChI is InChI=1S/C21H34N4O2.HI/c1-5-22-21(23-10-12-24(6-2)18-7-8-18)25-11-9-16-13-19(26-3)20(27-4)14-17(16)15-25;/h13-14,18H,5-12,15H2,1-4H3,(H,22,23);1H. The largest absolute Gasteiger partial charge is 0.493 e. The van der Waals surface area contributed by atoms with E-state index in [1.807, 2.05) is 0 Å². The quantitative estimate of drug-likeness (QED) is 0.337. The maximum atomic E-state index is 5.48. The molecule has 1 aliphatic carbocycles. The van der Waals surface area contributed by atoms with Crippen LogP contribution < -0.4 is 14.8 Å². The van der Waals surface area contributed by atoms with Gasteiger partial charge in [-0.05, 0) is 56.0 Å². The van der Waals surface area contributed by atoms with Crippen LogP contribution in [0.2, 0.25) is 0 Å². The molecule has 1 aromatic carbocycles. The second-order valence-electron chi connectivity index (χ2n) is 7.24. The molecule has 1 N–H and O–H groups in total. The third-order valence-electron chi connectivity index (χ3n) is 5.47. The number of hydrogen-bond acceptors (Lipinski definition) is 4. The summed E-state index contributed by atoms with van der Waals surface area (Å²) < 4.78 is 10.9. The molecular weight excluding hydrogens is 467 g/mol. The van der Waals surface area contributed by atoms with Gasteiger partial charge in [-0.1, -0.05) is 6.92 Å². The van der Waals surface area contributed by atoms with Gasteiger partial charge in [0.05, 0.1) is 20.8 Å². The smallest absolute Gasteiger partial charge is 0.194 e. The second-order valence-corrected chi connectivity index (χ2v) is 7.24. The van der Waals surface area contributed by atoms with Crippen molar-refractivity contribution in [1.29, 1.82) is 0 Å². The van der Waals surface area contributed by atoms with E-state index in [1.54, 1.807) is 14.2 Å². The Bertz CT molecular complexity index is 664. The van der Waals surface area contributed by atoms with Crippen LogP contribution in [0, 0.1) is 0 Å². The number of halogens is 1. The van der Waals surface area contributed by atoms with Gasteiger partial charge >= 0.3 is 0 Å². The molecule has 7 heteroatoms. The molecule has 28 heavy (non-hydrogen) atoms. The lowest BCUT2D eigenvalue weighted by Crippen LogP contribution is -2.44. The van der Waals surface area contributed by atoms with Crippen molar-refractivity contribution in [3.63, 3.8) is 0 Å². The maximum Gasteiger partial charge on any atom is 0.194 e. The Morgan fingerprint density at radius 1 is 1.18 bits per heavy atom. The number of aliphatic imine (C=N–C) groups is 1. The van der Waals surface area contributed by atoms with Crippen molar-refractivity contribution in [2.45, 2.75) is 45.7 Å². The van der Waals surface area contributed by atoms with Gasteiger partial charge in [0.1, 0.15) is 0 Å². The molecule has 0 aromatic heterocycles. The number of fused-ring (bicyclic) bond motifs is 1. The Labute approximate surface area is 186 Å². The highest BCUT2D eigenvalue weighted by Crippen LogP contribution is 2.33. The van der Waals surface area contributed by atoms with E-state index in [4.69, 9.17) is 14.5 Å². The number of guanidine groups is 1. The van der Waals surface area contributed by atoms with Crippen molar-refractivity contribution in [1.82, 2.24) is 15.1 Å². The van der Waals surface area contributed by atoms with E-state index < -0.39 is 0 Å². The van der Waals surface area contributed by atoms with Gasteiger partial charge in [-0.25, -0.2) is 0 Å². The van der Waals surface area contributed by atoms with Crippen LogP contribution in [0.4, 0.5) is 0 Å². The Balaban J connectivity index is 0.00000280. The molecule has 3 rings (SSSR count). The van der Waals surface area contributed by atoms with E-state index in [9.17, 15) is 0 Å². The summed E-state index contributed by atoms with van der Waals surface area (Å²) in [5.74, 6) is 2.62. The van der Waals surface area contributed by atoms with E-state index in [0.29, 0.717) is 0 Å². The Morgan fingerprint density at radius 2 is 1.86 bits per heavy atom. The summed E-state index contributed by atoms with van der Waals surface area (Å²) >= 11 is 0. The van der Waals surface area contributed by atoms with E-state index in [2.05, 4.69) is 41.1 Å². The minimum absolute atomic E-state index is 0. The van der Waals surface area contributed by atoms with Gasteiger partial charge in [0, 0.05) is 32.2 Å². The Hall–Kier alpha value is -1.22. The molecule has 1 saturated carbocycles. The molecule has 1 aliphatic heterocycles. The lowest BCUT2D eigenvalue weighted by atomic mass is 9.99. The third kappa shape index (κ3) is 5.65. The zero-order valence-corrected chi connectivity index (χ0v) is 20.0. The molecule has 1 aromatic rings. The van der Waals surface area contributed by atoms with Gasteiger partial charge in [-0.2, -0.15) is 0 Å². The third-order valence-corrected chi connectivity index (χ3v) is 5.47. The molecule has 0 unspecified atom stereocenters. The lowest BCUT2D eigenvalue weighted by molar-refractivity contribution is 0.285. The molecule has 1 fully saturated rings. The van der Waals surface area contributed by atoms with Crippen molar-refractivity contribution in [2.75, 3.05) is 46.9 Å². The molecule has 1 heterocycles. The number of benzene rings is 1. The number of hydrogen-bond donors (Lipinski definition) is 1. The first-order valence-corrected chi connectivity index (χ1v) is 10.2. The molecule has 0 bridgehead atoms. The molecule has 0 amide bonds. The second kappa shape index (κ2) is 11.1. The number of ether oxygens (including phenoxy) is 2. The molecule has 6 nitrogen and oxygen atoms in total. The average molecular weight is 502 g/mol. The monoisotopic (exact) mass is 502 g/mol. The fourth-order valence-corrected chi connectivity index (χ4v) is 3.81. The van der Waals surface area contributed by atoms with Gasteiger partial charge < -0.3 is 19.7 Å². The van der Waals surface area contributed by atoms with E-state index in [1.165, 1.54) is 24.0 Å². The summed E-state index contributed by atoms with van der Waals surface area (Å²) in [6.07, 6.45) is 3.70. The molecule has 158 valence electrons. The summed E-state index contributed by atoms with van der Waals surface area (Å²) in [6.45, 7) is 10.1. The lowest BCUT2D eigenvalue weighted by Gasteiger charge is -2.32. The first-order valence-electron chi connectivity index (χ1n) is 10.2. The Morgan fingerprint density at radius 3 is 2.43 bits per heavy atom. The van der Waals surface area contributed by atoms with Crippen molar-refractivity contribution >= 4 is 29.9 Å². The first kappa shape index (κ1) is 23.1. The zero-order valence-electron chi connectivity index (χ0n) is 17.7. The van der Waals surface area contributed by atoms with Crippen molar-refractivity contribution in [3.05, 3.63) is 23.3 Å². The van der Waals surface area contributed by atoms with Gasteiger partial charge in [-0.15, -0.1) is 24.0 Å². The SMILES string of the molecule is CCNC(=NCCN(CC)C1CC1)N1CCc2cc(OC)c(OC)cc2C1.I. The summed E-state index contributed by atoms with van der Waals surface area (Å²) in [5, 5.41) is 3.47. The van der Waals surface area contributed by atoms with Crippen LogP contribution in [0.3, 0.4) is 0 Å². The number of likely N-dealkylation sites (N-methyl/N-ethyl adjacent to an activating group) is 1. The number of methoxy groups -OCH3 is 2. The van der Waals surface area contributed by atoms with Crippen molar-refractivity contribution < 1.29 is 9.47 Å². The van der Waals surface area contributed by atoms with Crippen LogP contribution in [-0.2, 0) is 13.0 Å². The number of rotatable bonds is 8.